The molecule has 0 aliphatic carbocycles. The Morgan fingerprint density at radius 1 is 1.00 bits per heavy atom. The molecule has 0 aliphatic rings. The second-order valence-corrected chi connectivity index (χ2v) is 9.66. The molecule has 0 saturated heterocycles. The third-order valence-corrected chi connectivity index (χ3v) is 6.20. The molecule has 6 nitrogen and oxygen atoms in total. The van der Waals surface area contributed by atoms with Gasteiger partial charge in [0.1, 0.15) is 11.9 Å². The van der Waals surface area contributed by atoms with Crippen LogP contribution in [0.4, 0.5) is 10.1 Å². The van der Waals surface area contributed by atoms with Crippen molar-refractivity contribution in [2.24, 2.45) is 0 Å². The van der Waals surface area contributed by atoms with Crippen molar-refractivity contribution in [1.82, 2.24) is 5.32 Å². The van der Waals surface area contributed by atoms with E-state index >= 15 is 0 Å². The number of hydrogen-bond acceptors (Lipinski definition) is 4. The number of carbonyl (C=O) groups is 2. The van der Waals surface area contributed by atoms with Crippen LogP contribution in [0.2, 0.25) is 0 Å². The second-order valence-electron chi connectivity index (χ2n) is 7.13. The van der Waals surface area contributed by atoms with Crippen LogP contribution in [0.1, 0.15) is 21.5 Å². The van der Waals surface area contributed by atoms with Gasteiger partial charge in [0.25, 0.3) is 15.0 Å². The molecule has 9 heteroatoms. The molecular formula is C23H20ClFN2O4S. The van der Waals surface area contributed by atoms with Crippen LogP contribution < -0.4 is 10.6 Å². The van der Waals surface area contributed by atoms with E-state index in [1.54, 1.807) is 6.92 Å². The van der Waals surface area contributed by atoms with Crippen LogP contribution in [0, 0.1) is 12.7 Å². The van der Waals surface area contributed by atoms with Gasteiger partial charge in [0.05, 0.1) is 4.90 Å². The molecule has 0 bridgehead atoms. The molecule has 0 spiro atoms. The SMILES string of the molecule is Cc1cc(NC(=O)C(Cc2ccccc2)NC(=O)c2ccc(F)cc2)ccc1S(=O)(=O)Cl. The third kappa shape index (κ3) is 6.15. The van der Waals surface area contributed by atoms with Crippen molar-refractivity contribution in [2.45, 2.75) is 24.3 Å². The lowest BCUT2D eigenvalue weighted by Crippen LogP contribution is -2.45. The van der Waals surface area contributed by atoms with Crippen molar-refractivity contribution in [3.8, 4) is 0 Å². The zero-order valence-corrected chi connectivity index (χ0v) is 18.6. The molecule has 0 heterocycles. The van der Waals surface area contributed by atoms with Crippen LogP contribution in [0.5, 0.6) is 0 Å². The smallest absolute Gasteiger partial charge is 0.261 e. The van der Waals surface area contributed by atoms with E-state index in [0.29, 0.717) is 11.3 Å². The number of amides is 2. The summed E-state index contributed by atoms with van der Waals surface area (Å²) in [5, 5.41) is 5.38. The highest BCUT2D eigenvalue weighted by Crippen LogP contribution is 2.23. The molecule has 2 amide bonds. The number of carbonyl (C=O) groups excluding carboxylic acids is 2. The van der Waals surface area contributed by atoms with Gasteiger partial charge in [0, 0.05) is 28.4 Å². The summed E-state index contributed by atoms with van der Waals surface area (Å²) in [4.78, 5) is 25.6. The third-order valence-electron chi connectivity index (χ3n) is 4.72. The van der Waals surface area contributed by atoms with Crippen LogP contribution in [-0.2, 0) is 20.3 Å². The fraction of sp³-hybridized carbons (Fsp3) is 0.130. The van der Waals surface area contributed by atoms with Gasteiger partial charge in [-0.2, -0.15) is 0 Å². The number of halogens is 2. The summed E-state index contributed by atoms with van der Waals surface area (Å²) < 4.78 is 36.3. The summed E-state index contributed by atoms with van der Waals surface area (Å²) in [6.07, 6.45) is 0.215. The number of benzene rings is 3. The van der Waals surface area contributed by atoms with Crippen LogP contribution in [0.25, 0.3) is 0 Å². The molecule has 2 N–H and O–H groups in total. The maximum atomic E-state index is 13.2. The summed E-state index contributed by atoms with van der Waals surface area (Å²) in [5.41, 5.74) is 1.76. The predicted molar refractivity (Wildman–Crippen MR) is 121 cm³/mol. The maximum Gasteiger partial charge on any atom is 0.261 e. The van der Waals surface area contributed by atoms with Gasteiger partial charge < -0.3 is 10.6 Å². The first-order valence-corrected chi connectivity index (χ1v) is 11.9. The number of anilines is 1. The van der Waals surface area contributed by atoms with E-state index in [0.717, 1.165) is 17.7 Å². The molecule has 0 aliphatic heterocycles. The van der Waals surface area contributed by atoms with E-state index in [4.69, 9.17) is 10.7 Å². The molecule has 0 fully saturated rings. The lowest BCUT2D eigenvalue weighted by atomic mass is 10.0. The summed E-state index contributed by atoms with van der Waals surface area (Å²) in [5.74, 6) is -1.50. The lowest BCUT2D eigenvalue weighted by Gasteiger charge is -2.19. The molecule has 3 aromatic rings. The fourth-order valence-electron chi connectivity index (χ4n) is 3.13. The maximum absolute atomic E-state index is 13.2. The van der Waals surface area contributed by atoms with Crippen molar-refractivity contribution in [3.63, 3.8) is 0 Å². The molecule has 1 atom stereocenters. The Balaban J connectivity index is 1.82. The number of nitrogens with one attached hydrogen (secondary N) is 2. The molecule has 3 aromatic carbocycles. The van der Waals surface area contributed by atoms with Crippen LogP contribution in [0.15, 0.2) is 77.7 Å². The quantitative estimate of drug-likeness (QED) is 0.505. The van der Waals surface area contributed by atoms with Gasteiger partial charge >= 0.3 is 0 Å². The average molecular weight is 475 g/mol. The van der Waals surface area contributed by atoms with Crippen LogP contribution in [-0.4, -0.2) is 26.3 Å². The molecule has 0 aromatic heterocycles. The molecule has 0 radical (unpaired) electrons. The van der Waals surface area contributed by atoms with Gasteiger partial charge in [-0.1, -0.05) is 30.3 Å². The average Bonchev–Trinajstić information content (AvgIpc) is 2.73. The summed E-state index contributed by atoms with van der Waals surface area (Å²) >= 11 is 0. The summed E-state index contributed by atoms with van der Waals surface area (Å²) in [7, 11) is 1.49. The standard InChI is InChI=1S/C23H20ClFN2O4S/c1-15-13-19(11-12-21(15)32(24,30)31)26-23(29)20(14-16-5-3-2-4-6-16)27-22(28)17-7-9-18(25)10-8-17/h2-13,20H,14H2,1H3,(H,26,29)(H,27,28). The topological polar surface area (TPSA) is 92.3 Å². The fourth-order valence-corrected chi connectivity index (χ4v) is 4.33. The monoisotopic (exact) mass is 474 g/mol. The Bertz CT molecular complexity index is 1230. The van der Waals surface area contributed by atoms with E-state index in [9.17, 15) is 22.4 Å². The van der Waals surface area contributed by atoms with Crippen molar-refractivity contribution in [3.05, 3.63) is 95.3 Å². The van der Waals surface area contributed by atoms with E-state index in [1.165, 1.54) is 30.3 Å². The van der Waals surface area contributed by atoms with Crippen molar-refractivity contribution < 1.29 is 22.4 Å². The van der Waals surface area contributed by atoms with Crippen LogP contribution >= 0.6 is 10.7 Å². The molecular weight excluding hydrogens is 455 g/mol. The van der Waals surface area contributed by atoms with Crippen molar-refractivity contribution in [2.75, 3.05) is 5.32 Å². The predicted octanol–water partition coefficient (Wildman–Crippen LogP) is 4.04. The molecule has 32 heavy (non-hydrogen) atoms. The van der Waals surface area contributed by atoms with Crippen molar-refractivity contribution in [1.29, 1.82) is 0 Å². The van der Waals surface area contributed by atoms with Crippen LogP contribution in [0.3, 0.4) is 0 Å². The molecule has 0 saturated carbocycles. The first-order valence-electron chi connectivity index (χ1n) is 9.60. The van der Waals surface area contributed by atoms with Gasteiger partial charge in [-0.05, 0) is 60.5 Å². The highest BCUT2D eigenvalue weighted by atomic mass is 35.7. The van der Waals surface area contributed by atoms with Gasteiger partial charge in [-0.3, -0.25) is 9.59 Å². The lowest BCUT2D eigenvalue weighted by molar-refractivity contribution is -0.118. The van der Waals surface area contributed by atoms with Gasteiger partial charge in [0.15, 0.2) is 0 Å². The first-order chi connectivity index (χ1) is 15.1. The minimum Gasteiger partial charge on any atom is -0.340 e. The number of aryl methyl sites for hydroxylation is 1. The molecule has 1 unspecified atom stereocenters. The summed E-state index contributed by atoms with van der Waals surface area (Å²) in [6, 6.07) is 17.4. The zero-order chi connectivity index (χ0) is 23.3. The minimum absolute atomic E-state index is 0.0531. The number of hydrogen-bond donors (Lipinski definition) is 2. The van der Waals surface area contributed by atoms with Gasteiger partial charge in [-0.15, -0.1) is 0 Å². The number of rotatable bonds is 7. The normalized spacial score (nSPS) is 12.1. The Kier molecular flexibility index (Phi) is 7.27. The van der Waals surface area contributed by atoms with E-state index in [2.05, 4.69) is 10.6 Å². The Hall–Kier alpha value is -3.23. The summed E-state index contributed by atoms with van der Waals surface area (Å²) in [6.45, 7) is 1.56. The van der Waals surface area contributed by atoms with E-state index < -0.39 is 32.7 Å². The first kappa shape index (κ1) is 23.4. The van der Waals surface area contributed by atoms with E-state index in [-0.39, 0.29) is 16.9 Å². The highest BCUT2D eigenvalue weighted by Gasteiger charge is 2.23. The Labute approximate surface area is 189 Å². The van der Waals surface area contributed by atoms with Gasteiger partial charge in [-0.25, -0.2) is 12.8 Å². The Morgan fingerprint density at radius 3 is 2.25 bits per heavy atom. The Morgan fingerprint density at radius 2 is 1.66 bits per heavy atom. The zero-order valence-electron chi connectivity index (χ0n) is 17.0. The molecule has 166 valence electrons. The second kappa shape index (κ2) is 9.93. The van der Waals surface area contributed by atoms with Gasteiger partial charge in [0.2, 0.25) is 5.91 Å². The highest BCUT2D eigenvalue weighted by molar-refractivity contribution is 8.13. The van der Waals surface area contributed by atoms with Crippen molar-refractivity contribution >= 4 is 37.2 Å². The minimum atomic E-state index is -3.91. The molecule has 3 rings (SSSR count). The largest absolute Gasteiger partial charge is 0.340 e. The van der Waals surface area contributed by atoms with E-state index in [1.807, 2.05) is 30.3 Å².